The molecule has 4 rings (SSSR count). The first-order chi connectivity index (χ1) is 27.2. The Morgan fingerprint density at radius 1 is 0.586 bits per heavy atom. The number of pyridine rings is 2. The first-order valence-electron chi connectivity index (χ1n) is 18.4. The van der Waals surface area contributed by atoms with Gasteiger partial charge >= 0.3 is 12.2 Å². The molecular formula is C42H50Cl2N6O8. The molecule has 0 fully saturated rings. The van der Waals surface area contributed by atoms with E-state index in [4.69, 9.17) is 42.1 Å². The highest BCUT2D eigenvalue weighted by Gasteiger charge is 2.23. The molecule has 14 nitrogen and oxygen atoms in total. The molecule has 0 radical (unpaired) electrons. The van der Waals surface area contributed by atoms with Crippen molar-refractivity contribution in [3.8, 4) is 45.4 Å². The largest absolute Gasteiger partial charge is 0.480 e. The molecule has 2 aromatic carbocycles. The molecule has 310 valence electrons. The molecule has 0 bridgehead atoms. The van der Waals surface area contributed by atoms with Crippen molar-refractivity contribution < 1.29 is 38.1 Å². The maximum atomic E-state index is 13.1. The van der Waals surface area contributed by atoms with Crippen molar-refractivity contribution in [3.05, 3.63) is 81.8 Å². The monoisotopic (exact) mass is 836 g/mol. The lowest BCUT2D eigenvalue weighted by Crippen LogP contribution is -2.43. The van der Waals surface area contributed by atoms with E-state index in [1.165, 1.54) is 14.2 Å². The normalized spacial score (nSPS) is 12.4. The summed E-state index contributed by atoms with van der Waals surface area (Å²) in [5, 5.41) is 11.6. The molecule has 0 unspecified atom stereocenters. The summed E-state index contributed by atoms with van der Waals surface area (Å²) in [7, 11) is 2.82. The van der Waals surface area contributed by atoms with Gasteiger partial charge in [-0.25, -0.2) is 19.6 Å². The van der Waals surface area contributed by atoms with Crippen LogP contribution >= 0.6 is 23.2 Å². The Bertz CT molecular complexity index is 2000. The van der Waals surface area contributed by atoms with Crippen molar-refractivity contribution in [2.45, 2.75) is 78.7 Å². The van der Waals surface area contributed by atoms with Crippen LogP contribution in [-0.2, 0) is 9.47 Å². The second-order valence-corrected chi connectivity index (χ2v) is 16.1. The topological polar surface area (TPSA) is 179 Å². The molecule has 4 N–H and O–H groups in total. The van der Waals surface area contributed by atoms with E-state index < -0.39 is 47.3 Å². The molecule has 0 aliphatic rings. The van der Waals surface area contributed by atoms with Crippen LogP contribution in [0.3, 0.4) is 0 Å². The number of aromatic nitrogens is 2. The number of rotatable bonds is 13. The van der Waals surface area contributed by atoms with E-state index in [0.29, 0.717) is 43.7 Å². The van der Waals surface area contributed by atoms with E-state index in [2.05, 4.69) is 31.2 Å². The van der Waals surface area contributed by atoms with Gasteiger partial charge in [0.2, 0.25) is 11.8 Å². The lowest BCUT2D eigenvalue weighted by molar-refractivity contribution is 0.0495. The first kappa shape index (κ1) is 45.1. The van der Waals surface area contributed by atoms with Gasteiger partial charge in [0.05, 0.1) is 35.7 Å². The quantitative estimate of drug-likeness (QED) is 0.103. The average molecular weight is 838 g/mol. The van der Waals surface area contributed by atoms with Gasteiger partial charge in [0.15, 0.2) is 0 Å². The average Bonchev–Trinajstić information content (AvgIpc) is 3.14. The molecule has 0 saturated heterocycles. The number of nitrogens with zero attached hydrogens (tertiary/aromatic N) is 2. The summed E-state index contributed by atoms with van der Waals surface area (Å²) in [4.78, 5) is 59.7. The van der Waals surface area contributed by atoms with Gasteiger partial charge in [-0.3, -0.25) is 9.59 Å². The molecule has 0 saturated carbocycles. The van der Waals surface area contributed by atoms with Crippen molar-refractivity contribution in [1.82, 2.24) is 31.2 Å². The zero-order valence-electron chi connectivity index (χ0n) is 34.3. The Hall–Kier alpha value is -5.60. The van der Waals surface area contributed by atoms with E-state index in [1.54, 1.807) is 91.8 Å². The second kappa shape index (κ2) is 19.2. The molecule has 2 atom stereocenters. The minimum atomic E-state index is -0.652. The second-order valence-electron chi connectivity index (χ2n) is 15.4. The molecule has 2 heterocycles. The SMILES string of the molecule is COc1nc(-c2cccc(-c3cccc(-c4ccc(C(=O)NC[C@H](C)NC(=O)OC(C)(C)C)c(OC)n4)c3Cl)c2Cl)ccc1C(=O)NC[C@H](C)NC(=O)OC(C)(C)C. The first-order valence-corrected chi connectivity index (χ1v) is 19.2. The number of hydrogen-bond acceptors (Lipinski definition) is 10. The van der Waals surface area contributed by atoms with E-state index in [-0.39, 0.29) is 36.0 Å². The van der Waals surface area contributed by atoms with Crippen LogP contribution in [0.25, 0.3) is 33.6 Å². The molecule has 2 aromatic heterocycles. The van der Waals surface area contributed by atoms with Gasteiger partial charge in [-0.2, -0.15) is 0 Å². The maximum Gasteiger partial charge on any atom is 0.407 e. The lowest BCUT2D eigenvalue weighted by atomic mass is 9.98. The van der Waals surface area contributed by atoms with Crippen molar-refractivity contribution >= 4 is 47.2 Å². The summed E-state index contributed by atoms with van der Waals surface area (Å²) < 4.78 is 21.6. The Kier molecular flexibility index (Phi) is 15.0. The minimum Gasteiger partial charge on any atom is -0.480 e. The van der Waals surface area contributed by atoms with Crippen LogP contribution in [-0.4, -0.2) is 84.6 Å². The molecule has 16 heteroatoms. The number of benzene rings is 2. The summed E-state index contributed by atoms with van der Waals surface area (Å²) >= 11 is 14.1. The van der Waals surface area contributed by atoms with E-state index >= 15 is 0 Å². The van der Waals surface area contributed by atoms with Crippen LogP contribution < -0.4 is 30.7 Å². The molecule has 4 amide bonds. The number of carbonyl (C=O) groups excluding carboxylic acids is 4. The van der Waals surface area contributed by atoms with E-state index in [1.807, 2.05) is 24.3 Å². The van der Waals surface area contributed by atoms with Gasteiger partial charge in [-0.05, 0) is 79.7 Å². The van der Waals surface area contributed by atoms with Gasteiger partial charge in [0.1, 0.15) is 22.3 Å². The predicted octanol–water partition coefficient (Wildman–Crippen LogP) is 8.09. The van der Waals surface area contributed by atoms with Crippen LogP contribution in [0.2, 0.25) is 10.0 Å². The third kappa shape index (κ3) is 12.2. The molecule has 0 aliphatic heterocycles. The number of ether oxygens (including phenoxy) is 4. The number of nitrogens with one attached hydrogen (secondary N) is 4. The number of alkyl carbamates (subject to hydrolysis) is 2. The number of carbonyl (C=O) groups is 4. The summed E-state index contributed by atoms with van der Waals surface area (Å²) in [6.07, 6.45) is -1.17. The highest BCUT2D eigenvalue weighted by Crippen LogP contribution is 2.42. The zero-order chi connectivity index (χ0) is 42.9. The third-order valence-corrected chi connectivity index (χ3v) is 8.91. The summed E-state index contributed by atoms with van der Waals surface area (Å²) in [6, 6.07) is 16.5. The summed E-state index contributed by atoms with van der Waals surface area (Å²) in [5.74, 6) is -0.738. The Morgan fingerprint density at radius 3 is 1.26 bits per heavy atom. The van der Waals surface area contributed by atoms with Crippen LogP contribution in [0.4, 0.5) is 9.59 Å². The fourth-order valence-corrected chi connectivity index (χ4v) is 6.16. The lowest BCUT2D eigenvalue weighted by Gasteiger charge is -2.22. The molecule has 0 spiro atoms. The molecule has 0 aliphatic carbocycles. The standard InChI is InChI=1S/C42H50Cl2N6O8/c1-23(47-39(53)57-41(3,4)5)21-45-35(51)29-17-19-31(49-37(29)55-9)27-15-11-13-25(33(27)43)26-14-12-16-28(34(26)44)32-20-18-30(38(50-32)56-10)36(52)46-22-24(2)48-40(54)58-42(6,7)8/h11-20,23-24H,21-22H2,1-10H3,(H,45,51)(H,46,52)(H,47,53)(H,48,54)/t23-,24-/m0/s1. The van der Waals surface area contributed by atoms with Crippen LogP contribution in [0.5, 0.6) is 11.8 Å². The van der Waals surface area contributed by atoms with Crippen LogP contribution in [0.1, 0.15) is 76.1 Å². The molecule has 58 heavy (non-hydrogen) atoms. The predicted molar refractivity (Wildman–Crippen MR) is 224 cm³/mol. The zero-order valence-corrected chi connectivity index (χ0v) is 35.8. The van der Waals surface area contributed by atoms with Crippen molar-refractivity contribution in [1.29, 1.82) is 0 Å². The molecular weight excluding hydrogens is 787 g/mol. The highest BCUT2D eigenvalue weighted by molar-refractivity contribution is 6.39. The Balaban J connectivity index is 1.52. The van der Waals surface area contributed by atoms with Crippen molar-refractivity contribution in [2.75, 3.05) is 27.3 Å². The summed E-state index contributed by atoms with van der Waals surface area (Å²) in [5.41, 5.74) is 2.31. The van der Waals surface area contributed by atoms with E-state index in [0.717, 1.165) is 0 Å². The third-order valence-electron chi connectivity index (χ3n) is 8.10. The van der Waals surface area contributed by atoms with Crippen molar-refractivity contribution in [3.63, 3.8) is 0 Å². The highest BCUT2D eigenvalue weighted by atomic mass is 35.5. The van der Waals surface area contributed by atoms with Crippen LogP contribution in [0.15, 0.2) is 60.7 Å². The van der Waals surface area contributed by atoms with Crippen LogP contribution in [0, 0.1) is 0 Å². The number of hydrogen-bond donors (Lipinski definition) is 4. The Labute approximate surface area is 348 Å². The Morgan fingerprint density at radius 2 is 0.931 bits per heavy atom. The van der Waals surface area contributed by atoms with E-state index in [9.17, 15) is 19.2 Å². The summed E-state index contributed by atoms with van der Waals surface area (Å²) in [6.45, 7) is 14.3. The number of methoxy groups -OCH3 is 2. The van der Waals surface area contributed by atoms with Gasteiger partial charge in [-0.15, -0.1) is 0 Å². The fraction of sp³-hybridized carbons (Fsp3) is 0.381. The maximum absolute atomic E-state index is 13.1. The smallest absolute Gasteiger partial charge is 0.407 e. The molecule has 4 aromatic rings. The number of halogens is 2. The van der Waals surface area contributed by atoms with Gasteiger partial charge in [0.25, 0.3) is 11.8 Å². The van der Waals surface area contributed by atoms with Gasteiger partial charge in [0, 0.05) is 47.4 Å². The van der Waals surface area contributed by atoms with Gasteiger partial charge in [-0.1, -0.05) is 59.6 Å². The van der Waals surface area contributed by atoms with Crippen molar-refractivity contribution in [2.24, 2.45) is 0 Å². The van der Waals surface area contributed by atoms with Gasteiger partial charge < -0.3 is 40.2 Å². The number of amides is 4. The fourth-order valence-electron chi connectivity index (χ4n) is 5.51. The minimum absolute atomic E-state index is 0.0772.